The first-order valence-corrected chi connectivity index (χ1v) is 5.96. The van der Waals surface area contributed by atoms with Gasteiger partial charge < -0.3 is 14.8 Å². The fourth-order valence-corrected chi connectivity index (χ4v) is 1.53. The lowest BCUT2D eigenvalue weighted by Gasteiger charge is -2.08. The lowest BCUT2D eigenvalue weighted by atomic mass is 10.3. The molecule has 0 aliphatic carbocycles. The first kappa shape index (κ1) is 15.7. The number of nitrogens with zero attached hydrogens (tertiary/aromatic N) is 1. The largest absolute Gasteiger partial charge is 0.454 e. The van der Waals surface area contributed by atoms with Crippen molar-refractivity contribution in [3.63, 3.8) is 0 Å². The van der Waals surface area contributed by atoms with Gasteiger partial charge in [-0.1, -0.05) is 23.2 Å². The van der Waals surface area contributed by atoms with Gasteiger partial charge in [-0.3, -0.25) is 4.79 Å². The minimum Gasteiger partial charge on any atom is -0.454 e. The number of hydrogen-bond donors (Lipinski definition) is 1. The number of anilines is 1. The van der Waals surface area contributed by atoms with E-state index < -0.39 is 18.5 Å². The highest BCUT2D eigenvalue weighted by Crippen LogP contribution is 2.25. The second kappa shape index (κ2) is 7.28. The molecule has 0 unspecified atom stereocenters. The van der Waals surface area contributed by atoms with Crippen molar-refractivity contribution in [2.45, 2.75) is 6.92 Å². The van der Waals surface area contributed by atoms with Gasteiger partial charge in [0.05, 0.1) is 15.7 Å². The number of pyridine rings is 1. The molecule has 1 heterocycles. The number of carbonyl (C=O) groups excluding carboxylic acids is 2. The van der Waals surface area contributed by atoms with Gasteiger partial charge in [-0.15, -0.1) is 0 Å². The molecule has 0 spiro atoms. The summed E-state index contributed by atoms with van der Waals surface area (Å²) in [5.74, 6) is -1.03. The van der Waals surface area contributed by atoms with E-state index in [4.69, 9.17) is 23.2 Å². The Morgan fingerprint density at radius 3 is 2.63 bits per heavy atom. The third-order valence-electron chi connectivity index (χ3n) is 1.99. The Hall–Kier alpha value is -1.37. The molecule has 0 fully saturated rings. The van der Waals surface area contributed by atoms with Crippen molar-refractivity contribution in [2.75, 3.05) is 25.6 Å². The van der Waals surface area contributed by atoms with Crippen molar-refractivity contribution < 1.29 is 19.1 Å². The van der Waals surface area contributed by atoms with Crippen LogP contribution in [0.25, 0.3) is 0 Å². The highest BCUT2D eigenvalue weighted by molar-refractivity contribution is 6.36. The van der Waals surface area contributed by atoms with Crippen molar-refractivity contribution >= 4 is 40.9 Å². The molecule has 6 nitrogen and oxygen atoms in total. The number of amides is 1. The first-order chi connectivity index (χ1) is 8.93. The van der Waals surface area contributed by atoms with Crippen LogP contribution >= 0.6 is 23.2 Å². The van der Waals surface area contributed by atoms with E-state index in [9.17, 15) is 9.59 Å². The van der Waals surface area contributed by atoms with Crippen LogP contribution in [0.5, 0.6) is 0 Å². The Morgan fingerprint density at radius 1 is 1.32 bits per heavy atom. The predicted molar refractivity (Wildman–Crippen MR) is 70.5 cm³/mol. The van der Waals surface area contributed by atoms with E-state index in [2.05, 4.69) is 19.8 Å². The van der Waals surface area contributed by atoms with Crippen LogP contribution in [0.2, 0.25) is 10.0 Å². The van der Waals surface area contributed by atoms with Crippen LogP contribution in [-0.4, -0.2) is 37.2 Å². The van der Waals surface area contributed by atoms with E-state index in [1.807, 2.05) is 0 Å². The maximum absolute atomic E-state index is 11.5. The number of esters is 1. The van der Waals surface area contributed by atoms with Gasteiger partial charge in [-0.2, -0.15) is 0 Å². The molecule has 1 aromatic rings. The average Bonchev–Trinajstić information content (AvgIpc) is 2.34. The maximum Gasteiger partial charge on any atom is 0.332 e. The molecular formula is C11H12Cl2N2O4. The second-order valence-corrected chi connectivity index (χ2v) is 4.34. The number of aromatic nitrogens is 1. The first-order valence-electron chi connectivity index (χ1n) is 5.21. The maximum atomic E-state index is 11.5. The zero-order chi connectivity index (χ0) is 14.4. The minimum atomic E-state index is -0.635. The molecule has 0 saturated heterocycles. The van der Waals surface area contributed by atoms with Gasteiger partial charge in [0.25, 0.3) is 5.91 Å². The zero-order valence-electron chi connectivity index (χ0n) is 10.3. The van der Waals surface area contributed by atoms with Gasteiger partial charge in [-0.25, -0.2) is 9.78 Å². The Kier molecular flexibility index (Phi) is 6.01. The molecular weight excluding hydrogens is 295 g/mol. The van der Waals surface area contributed by atoms with Crippen molar-refractivity contribution in [3.05, 3.63) is 21.8 Å². The molecule has 0 atom stereocenters. The smallest absolute Gasteiger partial charge is 0.332 e. The van der Waals surface area contributed by atoms with E-state index in [1.54, 1.807) is 6.92 Å². The molecule has 0 radical (unpaired) electrons. The van der Waals surface area contributed by atoms with Gasteiger partial charge in [0.15, 0.2) is 12.4 Å². The number of hydrogen-bond acceptors (Lipinski definition) is 5. The predicted octanol–water partition coefficient (Wildman–Crippen LogP) is 1.82. The van der Waals surface area contributed by atoms with E-state index >= 15 is 0 Å². The van der Waals surface area contributed by atoms with Crippen molar-refractivity contribution in [2.24, 2.45) is 0 Å². The molecule has 0 saturated carbocycles. The summed E-state index contributed by atoms with van der Waals surface area (Å²) >= 11 is 11.7. The Balaban J connectivity index is 2.58. The number of carbonyl (C=O) groups is 2. The summed E-state index contributed by atoms with van der Waals surface area (Å²) in [6, 6.07) is 1.47. The molecule has 1 rings (SSSR count). The van der Waals surface area contributed by atoms with Crippen molar-refractivity contribution in [1.29, 1.82) is 0 Å². The molecule has 0 bridgehead atoms. The SMILES string of the molecule is COCC(=O)OCC(=O)Nc1nc(C)c(Cl)cc1Cl. The van der Waals surface area contributed by atoms with Gasteiger partial charge in [0, 0.05) is 7.11 Å². The molecule has 19 heavy (non-hydrogen) atoms. The Morgan fingerprint density at radius 2 is 2.00 bits per heavy atom. The topological polar surface area (TPSA) is 77.5 Å². The quantitative estimate of drug-likeness (QED) is 0.840. The average molecular weight is 307 g/mol. The van der Waals surface area contributed by atoms with Crippen LogP contribution in [-0.2, 0) is 19.1 Å². The third kappa shape index (κ3) is 5.02. The molecule has 0 aromatic carbocycles. The van der Waals surface area contributed by atoms with Crippen molar-refractivity contribution in [1.82, 2.24) is 4.98 Å². The van der Waals surface area contributed by atoms with E-state index in [0.29, 0.717) is 10.7 Å². The monoisotopic (exact) mass is 306 g/mol. The van der Waals surface area contributed by atoms with E-state index in [0.717, 1.165) is 0 Å². The summed E-state index contributed by atoms with van der Waals surface area (Å²) in [5.41, 5.74) is 0.526. The molecule has 0 aliphatic heterocycles. The fourth-order valence-electron chi connectivity index (χ4n) is 1.12. The lowest BCUT2D eigenvalue weighted by Crippen LogP contribution is -2.23. The van der Waals surface area contributed by atoms with E-state index in [1.165, 1.54) is 13.2 Å². The third-order valence-corrected chi connectivity index (χ3v) is 2.66. The molecule has 0 aliphatic rings. The normalized spacial score (nSPS) is 10.1. The number of rotatable bonds is 5. The Bertz CT molecular complexity index is 494. The highest BCUT2D eigenvalue weighted by Gasteiger charge is 2.12. The molecule has 1 N–H and O–H groups in total. The molecule has 104 valence electrons. The number of aryl methyl sites for hydroxylation is 1. The number of nitrogens with one attached hydrogen (secondary N) is 1. The summed E-state index contributed by atoms with van der Waals surface area (Å²) in [4.78, 5) is 26.5. The van der Waals surface area contributed by atoms with Gasteiger partial charge in [0.2, 0.25) is 0 Å². The van der Waals surface area contributed by atoms with Crippen molar-refractivity contribution in [3.8, 4) is 0 Å². The van der Waals surface area contributed by atoms with Crippen LogP contribution in [0.15, 0.2) is 6.07 Å². The zero-order valence-corrected chi connectivity index (χ0v) is 11.8. The summed E-state index contributed by atoms with van der Waals surface area (Å²) in [7, 11) is 1.35. The standard InChI is InChI=1S/C11H12Cl2N2O4/c1-6-7(12)3-8(13)11(14-6)15-9(16)4-19-10(17)5-18-2/h3H,4-5H2,1-2H3,(H,14,15,16). The van der Waals surface area contributed by atoms with Gasteiger partial charge in [0.1, 0.15) is 6.61 Å². The summed E-state index contributed by atoms with van der Waals surface area (Å²) in [5, 5.41) is 3.02. The molecule has 8 heteroatoms. The minimum absolute atomic E-state index is 0.163. The summed E-state index contributed by atoms with van der Waals surface area (Å²) in [6.45, 7) is 1.02. The van der Waals surface area contributed by atoms with Crippen LogP contribution < -0.4 is 5.32 Å². The van der Waals surface area contributed by atoms with Crippen LogP contribution in [0.3, 0.4) is 0 Å². The van der Waals surface area contributed by atoms with Gasteiger partial charge >= 0.3 is 5.97 Å². The van der Waals surface area contributed by atoms with Crippen LogP contribution in [0.1, 0.15) is 5.69 Å². The summed E-state index contributed by atoms with van der Waals surface area (Å²) in [6.07, 6.45) is 0. The molecule has 1 amide bonds. The Labute approximate surface area is 120 Å². The molecule has 1 aromatic heterocycles. The lowest BCUT2D eigenvalue weighted by molar-refractivity contribution is -0.150. The number of ether oxygens (including phenoxy) is 2. The fraction of sp³-hybridized carbons (Fsp3) is 0.364. The van der Waals surface area contributed by atoms with Crippen LogP contribution in [0, 0.1) is 6.92 Å². The van der Waals surface area contributed by atoms with Crippen LogP contribution in [0.4, 0.5) is 5.82 Å². The van der Waals surface area contributed by atoms with E-state index in [-0.39, 0.29) is 17.4 Å². The number of methoxy groups -OCH3 is 1. The van der Waals surface area contributed by atoms with Gasteiger partial charge in [-0.05, 0) is 13.0 Å². The number of halogens is 2. The highest BCUT2D eigenvalue weighted by atomic mass is 35.5. The second-order valence-electron chi connectivity index (χ2n) is 3.53. The summed E-state index contributed by atoms with van der Waals surface area (Å²) < 4.78 is 9.19.